The molecule has 1 atom stereocenters. The maximum Gasteiger partial charge on any atom is 0.247 e. The molecule has 0 spiro atoms. The summed E-state index contributed by atoms with van der Waals surface area (Å²) in [6.45, 7) is 3.76. The van der Waals surface area contributed by atoms with Crippen LogP contribution in [0, 0.1) is 6.92 Å². The first kappa shape index (κ1) is 11.1. The van der Waals surface area contributed by atoms with E-state index in [1.54, 1.807) is 6.92 Å². The van der Waals surface area contributed by atoms with Crippen molar-refractivity contribution in [2.75, 3.05) is 17.3 Å². The molecule has 2 heterocycles. The van der Waals surface area contributed by atoms with Crippen LogP contribution in [0.1, 0.15) is 19.0 Å². The predicted octanol–water partition coefficient (Wildman–Crippen LogP) is 1.61. The third kappa shape index (κ3) is 1.61. The van der Waals surface area contributed by atoms with Gasteiger partial charge in [-0.1, -0.05) is 6.92 Å². The van der Waals surface area contributed by atoms with Crippen molar-refractivity contribution in [3.8, 4) is 0 Å². The Labute approximate surface area is 98.8 Å². The third-order valence-electron chi connectivity index (χ3n) is 2.78. The molecule has 1 N–H and O–H groups in total. The van der Waals surface area contributed by atoms with Crippen molar-refractivity contribution in [1.29, 1.82) is 0 Å². The highest BCUT2D eigenvalue weighted by molar-refractivity contribution is 6.28. The second-order valence-corrected chi connectivity index (χ2v) is 4.14. The van der Waals surface area contributed by atoms with Crippen molar-refractivity contribution in [2.24, 2.45) is 0 Å². The summed E-state index contributed by atoms with van der Waals surface area (Å²) in [5.74, 6) is 0.662. The number of likely N-dealkylation sites (N-methyl/N-ethyl adjacent to an activating group) is 1. The van der Waals surface area contributed by atoms with Crippen LogP contribution in [0.5, 0.6) is 0 Å². The summed E-state index contributed by atoms with van der Waals surface area (Å²) in [4.78, 5) is 21.8. The van der Waals surface area contributed by atoms with Gasteiger partial charge in [-0.15, -0.1) is 0 Å². The van der Waals surface area contributed by atoms with E-state index in [0.29, 0.717) is 17.2 Å². The Balaban J connectivity index is 2.55. The van der Waals surface area contributed by atoms with Gasteiger partial charge in [-0.05, 0) is 24.9 Å². The lowest BCUT2D eigenvalue weighted by atomic mass is 10.1. The topological polar surface area (TPSA) is 58.1 Å². The van der Waals surface area contributed by atoms with E-state index < -0.39 is 0 Å². The fraction of sp³-hybridized carbons (Fsp3) is 0.500. The number of carbonyl (C=O) groups excluding carboxylic acids is 1. The molecule has 2 rings (SSSR count). The van der Waals surface area contributed by atoms with Gasteiger partial charge >= 0.3 is 0 Å². The molecule has 0 bridgehead atoms. The minimum atomic E-state index is -0.196. The van der Waals surface area contributed by atoms with Gasteiger partial charge in [-0.2, -0.15) is 4.98 Å². The van der Waals surface area contributed by atoms with Gasteiger partial charge in [-0.3, -0.25) is 4.79 Å². The van der Waals surface area contributed by atoms with Crippen molar-refractivity contribution in [2.45, 2.75) is 26.3 Å². The average Bonchev–Trinajstić information content (AvgIpc) is 2.21. The van der Waals surface area contributed by atoms with Crippen LogP contribution in [0.2, 0.25) is 5.28 Å². The van der Waals surface area contributed by atoms with E-state index in [1.165, 1.54) is 0 Å². The lowest BCUT2D eigenvalue weighted by Gasteiger charge is -2.33. The van der Waals surface area contributed by atoms with Gasteiger partial charge in [-0.25, -0.2) is 4.98 Å². The molecule has 16 heavy (non-hydrogen) atoms. The Kier molecular flexibility index (Phi) is 2.71. The maximum absolute atomic E-state index is 11.8. The van der Waals surface area contributed by atoms with Crippen LogP contribution in [0.4, 0.5) is 11.5 Å². The Hall–Kier alpha value is -1.36. The molecule has 0 fully saturated rings. The minimum Gasteiger partial charge on any atom is -0.346 e. The zero-order valence-electron chi connectivity index (χ0n) is 9.41. The maximum atomic E-state index is 11.8. The third-order valence-corrected chi connectivity index (χ3v) is 2.95. The highest BCUT2D eigenvalue weighted by Gasteiger charge is 2.31. The van der Waals surface area contributed by atoms with E-state index in [-0.39, 0.29) is 17.2 Å². The summed E-state index contributed by atoms with van der Waals surface area (Å²) < 4.78 is 0. The number of aryl methyl sites for hydroxylation is 1. The first-order valence-electron chi connectivity index (χ1n) is 5.12. The summed E-state index contributed by atoms with van der Waals surface area (Å²) in [5, 5.41) is 3.03. The SMILES string of the molecule is CCC1C(=O)Nc2c(C)nc(Cl)nc2N1C. The van der Waals surface area contributed by atoms with Crippen molar-refractivity contribution >= 4 is 29.0 Å². The smallest absolute Gasteiger partial charge is 0.247 e. The number of hydrogen-bond donors (Lipinski definition) is 1. The number of amides is 1. The molecule has 1 aliphatic heterocycles. The standard InChI is InChI=1S/C10H13ClN4O/c1-4-6-9(16)13-7-5(2)12-10(11)14-8(7)15(6)3/h6H,4H2,1-3H3,(H,13,16). The van der Waals surface area contributed by atoms with E-state index in [1.807, 2.05) is 18.9 Å². The molecule has 5 nitrogen and oxygen atoms in total. The highest BCUT2D eigenvalue weighted by atomic mass is 35.5. The number of nitrogens with zero attached hydrogens (tertiary/aromatic N) is 3. The molecule has 1 aromatic rings. The molecule has 1 aromatic heterocycles. The zero-order valence-corrected chi connectivity index (χ0v) is 10.2. The minimum absolute atomic E-state index is 0.0217. The van der Waals surface area contributed by atoms with Crippen LogP contribution >= 0.6 is 11.6 Å². The van der Waals surface area contributed by atoms with E-state index >= 15 is 0 Å². The summed E-state index contributed by atoms with van der Waals surface area (Å²) in [6, 6.07) is -0.196. The van der Waals surface area contributed by atoms with Crippen molar-refractivity contribution in [3.05, 3.63) is 11.0 Å². The van der Waals surface area contributed by atoms with Crippen molar-refractivity contribution in [3.63, 3.8) is 0 Å². The Morgan fingerprint density at radius 3 is 2.81 bits per heavy atom. The number of halogens is 1. The Morgan fingerprint density at radius 2 is 2.19 bits per heavy atom. The quantitative estimate of drug-likeness (QED) is 0.758. The second-order valence-electron chi connectivity index (χ2n) is 3.80. The fourth-order valence-electron chi connectivity index (χ4n) is 1.92. The summed E-state index contributed by atoms with van der Waals surface area (Å²) in [6.07, 6.45) is 0.725. The summed E-state index contributed by atoms with van der Waals surface area (Å²) in [7, 11) is 1.84. The fourth-order valence-corrected chi connectivity index (χ4v) is 2.12. The zero-order chi connectivity index (χ0) is 11.9. The van der Waals surface area contributed by atoms with Gasteiger partial charge in [0.25, 0.3) is 0 Å². The predicted molar refractivity (Wildman–Crippen MR) is 62.9 cm³/mol. The van der Waals surface area contributed by atoms with Crippen molar-refractivity contribution in [1.82, 2.24) is 9.97 Å². The molecule has 1 amide bonds. The molecule has 0 aliphatic carbocycles. The van der Waals surface area contributed by atoms with E-state index in [4.69, 9.17) is 11.6 Å². The lowest BCUT2D eigenvalue weighted by Crippen LogP contribution is -2.46. The highest BCUT2D eigenvalue weighted by Crippen LogP contribution is 2.32. The molecule has 0 radical (unpaired) electrons. The average molecular weight is 241 g/mol. The van der Waals surface area contributed by atoms with Gasteiger partial charge in [0.15, 0.2) is 5.82 Å². The van der Waals surface area contributed by atoms with E-state index in [0.717, 1.165) is 6.42 Å². The first-order valence-corrected chi connectivity index (χ1v) is 5.50. The Bertz CT molecular complexity index is 449. The molecule has 1 aliphatic rings. The largest absolute Gasteiger partial charge is 0.346 e. The molecule has 0 saturated carbocycles. The van der Waals surface area contributed by atoms with Gasteiger partial charge in [0.2, 0.25) is 11.2 Å². The van der Waals surface area contributed by atoms with Gasteiger partial charge in [0.1, 0.15) is 11.7 Å². The number of aromatic nitrogens is 2. The van der Waals surface area contributed by atoms with Crippen molar-refractivity contribution < 1.29 is 4.79 Å². The molecule has 86 valence electrons. The number of nitrogens with one attached hydrogen (secondary N) is 1. The van der Waals surface area contributed by atoms with Crippen LogP contribution in [0.15, 0.2) is 0 Å². The normalized spacial score (nSPS) is 19.4. The molecular weight excluding hydrogens is 228 g/mol. The van der Waals surface area contributed by atoms with Gasteiger partial charge in [0.05, 0.1) is 5.69 Å². The molecule has 1 unspecified atom stereocenters. The van der Waals surface area contributed by atoms with Gasteiger partial charge in [0, 0.05) is 7.05 Å². The van der Waals surface area contributed by atoms with E-state index in [2.05, 4.69) is 15.3 Å². The molecular formula is C10H13ClN4O. The van der Waals surface area contributed by atoms with Gasteiger partial charge < -0.3 is 10.2 Å². The molecule has 6 heteroatoms. The van der Waals surface area contributed by atoms with Crippen LogP contribution in [0.3, 0.4) is 0 Å². The van der Waals surface area contributed by atoms with Crippen LogP contribution < -0.4 is 10.2 Å². The Morgan fingerprint density at radius 1 is 1.50 bits per heavy atom. The van der Waals surface area contributed by atoms with E-state index in [9.17, 15) is 4.79 Å². The number of carbonyl (C=O) groups is 1. The second kappa shape index (κ2) is 3.90. The number of hydrogen-bond acceptors (Lipinski definition) is 4. The number of rotatable bonds is 1. The molecule has 0 saturated heterocycles. The summed E-state index contributed by atoms with van der Waals surface area (Å²) in [5.41, 5.74) is 1.34. The first-order chi connectivity index (χ1) is 7.54. The monoisotopic (exact) mass is 240 g/mol. The summed E-state index contributed by atoms with van der Waals surface area (Å²) >= 11 is 5.81. The van der Waals surface area contributed by atoms with Crippen LogP contribution in [0.25, 0.3) is 0 Å². The van der Waals surface area contributed by atoms with Crippen LogP contribution in [-0.2, 0) is 4.79 Å². The molecule has 0 aromatic carbocycles. The number of anilines is 2. The lowest BCUT2D eigenvalue weighted by molar-refractivity contribution is -0.117. The van der Waals surface area contributed by atoms with Crippen LogP contribution in [-0.4, -0.2) is 29.0 Å². The number of fused-ring (bicyclic) bond motifs is 1.